The zero-order valence-electron chi connectivity index (χ0n) is 15.8. The average molecular weight is 398 g/mol. The van der Waals surface area contributed by atoms with Crippen LogP contribution in [0.15, 0.2) is 76.2 Å². The van der Waals surface area contributed by atoms with Crippen molar-refractivity contribution < 1.29 is 18.7 Å². The molecule has 0 atom stereocenters. The summed E-state index contributed by atoms with van der Waals surface area (Å²) in [7, 11) is 1.27. The molecule has 0 N–H and O–H groups in total. The maximum absolute atomic E-state index is 13.3. The molecule has 0 fully saturated rings. The van der Waals surface area contributed by atoms with Crippen LogP contribution in [0.4, 0.5) is 0 Å². The van der Waals surface area contributed by atoms with Crippen molar-refractivity contribution in [3.8, 4) is 0 Å². The highest BCUT2D eigenvalue weighted by Crippen LogP contribution is 2.27. The Morgan fingerprint density at radius 3 is 2.60 bits per heavy atom. The molecule has 5 aromatic rings. The van der Waals surface area contributed by atoms with Crippen molar-refractivity contribution >= 4 is 39.1 Å². The minimum absolute atomic E-state index is 0.117. The van der Waals surface area contributed by atoms with Gasteiger partial charge in [0.1, 0.15) is 17.5 Å². The minimum Gasteiger partial charge on any atom is -0.465 e. The molecule has 3 aromatic heterocycles. The number of rotatable bonds is 3. The molecule has 0 saturated heterocycles. The number of carbonyl (C=O) groups excluding carboxylic acids is 2. The van der Waals surface area contributed by atoms with E-state index in [1.165, 1.54) is 30.0 Å². The van der Waals surface area contributed by atoms with Crippen molar-refractivity contribution in [2.45, 2.75) is 0 Å². The van der Waals surface area contributed by atoms with Gasteiger partial charge in [0.15, 0.2) is 0 Å². The molecule has 5 rings (SSSR count). The first-order valence-electron chi connectivity index (χ1n) is 9.13. The van der Waals surface area contributed by atoms with E-state index in [0.29, 0.717) is 27.4 Å². The van der Waals surface area contributed by atoms with Crippen molar-refractivity contribution in [3.05, 3.63) is 94.2 Å². The van der Waals surface area contributed by atoms with Crippen molar-refractivity contribution in [1.29, 1.82) is 0 Å². The van der Waals surface area contributed by atoms with Crippen LogP contribution < -0.4 is 5.63 Å². The highest BCUT2D eigenvalue weighted by atomic mass is 16.5. The van der Waals surface area contributed by atoms with E-state index in [-0.39, 0.29) is 16.8 Å². The number of ether oxygens (including phenoxy) is 1. The van der Waals surface area contributed by atoms with Gasteiger partial charge in [-0.3, -0.25) is 9.20 Å². The first-order chi connectivity index (χ1) is 14.6. The second-order valence-corrected chi connectivity index (χ2v) is 6.73. The summed E-state index contributed by atoms with van der Waals surface area (Å²) in [4.78, 5) is 42.6. The van der Waals surface area contributed by atoms with Gasteiger partial charge in [-0.15, -0.1) is 0 Å². The number of aromatic nitrogens is 2. The molecule has 0 aliphatic heterocycles. The quantitative estimate of drug-likeness (QED) is 0.262. The normalized spacial score (nSPS) is 11.2. The monoisotopic (exact) mass is 398 g/mol. The largest absolute Gasteiger partial charge is 0.465 e. The van der Waals surface area contributed by atoms with E-state index < -0.39 is 17.4 Å². The van der Waals surface area contributed by atoms with Crippen molar-refractivity contribution in [3.63, 3.8) is 0 Å². The molecule has 0 saturated carbocycles. The molecule has 30 heavy (non-hydrogen) atoms. The molecule has 0 amide bonds. The van der Waals surface area contributed by atoms with E-state index in [1.54, 1.807) is 24.3 Å². The zero-order chi connectivity index (χ0) is 20.8. The van der Waals surface area contributed by atoms with Crippen LogP contribution in [0.1, 0.15) is 26.4 Å². The van der Waals surface area contributed by atoms with Gasteiger partial charge in [0.25, 0.3) is 0 Å². The Kier molecular flexibility index (Phi) is 3.96. The van der Waals surface area contributed by atoms with Gasteiger partial charge in [-0.05, 0) is 24.3 Å². The Labute approximate surface area is 169 Å². The van der Waals surface area contributed by atoms with Crippen LogP contribution in [0.2, 0.25) is 0 Å². The Hall–Kier alpha value is -4.26. The number of methoxy groups -OCH3 is 1. The number of hydrogen-bond donors (Lipinski definition) is 0. The Morgan fingerprint density at radius 2 is 1.77 bits per heavy atom. The van der Waals surface area contributed by atoms with Gasteiger partial charge in [0, 0.05) is 10.8 Å². The van der Waals surface area contributed by atoms with Gasteiger partial charge >= 0.3 is 11.6 Å². The number of carbonyl (C=O) groups is 2. The van der Waals surface area contributed by atoms with Crippen LogP contribution in [0.5, 0.6) is 0 Å². The average Bonchev–Trinajstić information content (AvgIpc) is 3.18. The van der Waals surface area contributed by atoms with E-state index in [0.717, 1.165) is 0 Å². The molecule has 0 spiro atoms. The lowest BCUT2D eigenvalue weighted by Crippen LogP contribution is -2.16. The summed E-state index contributed by atoms with van der Waals surface area (Å²) < 4.78 is 11.7. The van der Waals surface area contributed by atoms with Crippen molar-refractivity contribution in [2.75, 3.05) is 7.11 Å². The molecule has 7 heteroatoms. The number of esters is 1. The van der Waals surface area contributed by atoms with E-state index >= 15 is 0 Å². The zero-order valence-corrected chi connectivity index (χ0v) is 15.8. The molecule has 0 aliphatic carbocycles. The number of fused-ring (bicyclic) bond motifs is 4. The second-order valence-electron chi connectivity index (χ2n) is 6.73. The Balaban J connectivity index is 1.80. The molecule has 0 unspecified atom stereocenters. The minimum atomic E-state index is -0.748. The maximum atomic E-state index is 13.3. The summed E-state index contributed by atoms with van der Waals surface area (Å²) in [6, 6.07) is 17.1. The summed E-state index contributed by atoms with van der Waals surface area (Å²) in [5, 5.41) is 1.31. The van der Waals surface area contributed by atoms with Gasteiger partial charge in [-0.1, -0.05) is 36.4 Å². The number of nitrogens with zero attached hydrogens (tertiary/aromatic N) is 2. The van der Waals surface area contributed by atoms with E-state index in [4.69, 9.17) is 9.15 Å². The van der Waals surface area contributed by atoms with Crippen LogP contribution in [0, 0.1) is 0 Å². The predicted molar refractivity (Wildman–Crippen MR) is 110 cm³/mol. The third kappa shape index (κ3) is 2.60. The van der Waals surface area contributed by atoms with Gasteiger partial charge in [0.2, 0.25) is 5.78 Å². The fourth-order valence-corrected chi connectivity index (χ4v) is 3.62. The highest BCUT2D eigenvalue weighted by Gasteiger charge is 2.25. The van der Waals surface area contributed by atoms with Crippen LogP contribution in [0.3, 0.4) is 0 Å². The van der Waals surface area contributed by atoms with Gasteiger partial charge < -0.3 is 9.15 Å². The number of hydrogen-bond acceptors (Lipinski definition) is 6. The molecular formula is C23H14N2O5. The SMILES string of the molecule is COC(=O)c1cc(C(=O)c2cc3ccccc3oc2=O)n2cnc3ccccc3c12. The van der Waals surface area contributed by atoms with E-state index in [9.17, 15) is 14.4 Å². The van der Waals surface area contributed by atoms with Gasteiger partial charge in [0.05, 0.1) is 29.4 Å². The lowest BCUT2D eigenvalue weighted by molar-refractivity contribution is 0.0603. The molecule has 146 valence electrons. The summed E-state index contributed by atoms with van der Waals surface area (Å²) in [5.41, 5.74) is 0.996. The molecule has 0 radical (unpaired) electrons. The van der Waals surface area contributed by atoms with Crippen LogP contribution in [0.25, 0.3) is 27.4 Å². The molecular weight excluding hydrogens is 384 g/mol. The molecule has 2 aromatic carbocycles. The van der Waals surface area contributed by atoms with Crippen LogP contribution in [-0.2, 0) is 4.74 Å². The summed E-state index contributed by atoms with van der Waals surface area (Å²) in [5.74, 6) is -1.16. The first kappa shape index (κ1) is 17.8. The van der Waals surface area contributed by atoms with Crippen LogP contribution in [-0.4, -0.2) is 28.2 Å². The standard InChI is InChI=1S/C23H14N2O5/c1-29-22(27)15-11-18(25-12-24-17-8-4-3-7-14(17)20(15)25)21(26)16-10-13-6-2-5-9-19(13)30-23(16)28/h2-12H,1H3. The first-order valence-corrected chi connectivity index (χ1v) is 9.13. The van der Waals surface area contributed by atoms with Crippen LogP contribution >= 0.6 is 0 Å². The third-order valence-corrected chi connectivity index (χ3v) is 5.03. The summed E-state index contributed by atoms with van der Waals surface area (Å²) in [6.45, 7) is 0. The second kappa shape index (κ2) is 6.66. The fourth-order valence-electron chi connectivity index (χ4n) is 3.62. The van der Waals surface area contributed by atoms with Gasteiger partial charge in [-0.2, -0.15) is 0 Å². The fraction of sp³-hybridized carbons (Fsp3) is 0.0435. The number of ketones is 1. The van der Waals surface area contributed by atoms with Gasteiger partial charge in [-0.25, -0.2) is 14.6 Å². The Bertz CT molecular complexity index is 1540. The molecule has 3 heterocycles. The molecule has 0 aliphatic rings. The van der Waals surface area contributed by atoms with Crippen molar-refractivity contribution in [1.82, 2.24) is 9.38 Å². The van der Waals surface area contributed by atoms with E-state index in [2.05, 4.69) is 4.98 Å². The summed E-state index contributed by atoms with van der Waals surface area (Å²) in [6.07, 6.45) is 1.46. The predicted octanol–water partition coefficient (Wildman–Crippen LogP) is 3.61. The topological polar surface area (TPSA) is 90.9 Å². The molecule has 0 bridgehead atoms. The van der Waals surface area contributed by atoms with Crippen molar-refractivity contribution in [2.24, 2.45) is 0 Å². The third-order valence-electron chi connectivity index (χ3n) is 5.03. The molecule has 7 nitrogen and oxygen atoms in total. The smallest absolute Gasteiger partial charge is 0.347 e. The lowest BCUT2D eigenvalue weighted by Gasteiger charge is -2.05. The maximum Gasteiger partial charge on any atom is 0.347 e. The summed E-state index contributed by atoms with van der Waals surface area (Å²) >= 11 is 0. The number of para-hydroxylation sites is 2. The number of benzene rings is 2. The highest BCUT2D eigenvalue weighted by molar-refractivity contribution is 6.14. The Morgan fingerprint density at radius 1 is 1.00 bits per heavy atom. The van der Waals surface area contributed by atoms with E-state index in [1.807, 2.05) is 24.3 Å². The lowest BCUT2D eigenvalue weighted by atomic mass is 10.1.